The Balaban J connectivity index is 1.95. The predicted molar refractivity (Wildman–Crippen MR) is 74.7 cm³/mol. The molecule has 3 nitrogen and oxygen atoms in total. The van der Waals surface area contributed by atoms with Crippen LogP contribution in [0.2, 0.25) is 0 Å². The van der Waals surface area contributed by atoms with E-state index in [2.05, 4.69) is 25.3 Å². The molecule has 1 aromatic carbocycles. The number of aromatic nitrogens is 1. The number of fused-ring (bicyclic) bond motifs is 1. The molecule has 0 aliphatic heterocycles. The van der Waals surface area contributed by atoms with E-state index < -0.39 is 5.60 Å². The summed E-state index contributed by atoms with van der Waals surface area (Å²) in [5.41, 5.74) is 1.35. The van der Waals surface area contributed by atoms with Gasteiger partial charge in [-0.2, -0.15) is 0 Å². The van der Waals surface area contributed by atoms with Crippen molar-refractivity contribution in [1.82, 2.24) is 4.57 Å². The van der Waals surface area contributed by atoms with Gasteiger partial charge >= 0.3 is 0 Å². The Bertz CT molecular complexity index is 650. The molecule has 3 rings (SSSR count). The molecule has 1 heterocycles. The Labute approximate surface area is 114 Å². The van der Waals surface area contributed by atoms with Crippen LogP contribution in [-0.4, -0.2) is 15.3 Å². The molecule has 18 heavy (non-hydrogen) atoms. The van der Waals surface area contributed by atoms with Gasteiger partial charge in [0.1, 0.15) is 0 Å². The van der Waals surface area contributed by atoms with Crippen LogP contribution in [0.3, 0.4) is 0 Å². The third-order valence-corrected chi connectivity index (χ3v) is 4.22. The Morgan fingerprint density at radius 1 is 1.44 bits per heavy atom. The molecule has 0 amide bonds. The molecule has 0 bridgehead atoms. The largest absolute Gasteiger partial charge is 0.390 e. The molecule has 2 aromatic rings. The summed E-state index contributed by atoms with van der Waals surface area (Å²) in [6.45, 7) is 7.85. The van der Waals surface area contributed by atoms with Crippen LogP contribution in [0, 0.1) is 6.57 Å². The highest BCUT2D eigenvalue weighted by atomic mass is 79.9. The lowest BCUT2D eigenvalue weighted by atomic mass is 10.2. The van der Waals surface area contributed by atoms with Gasteiger partial charge in [-0.15, -0.1) is 0 Å². The minimum atomic E-state index is -0.417. The summed E-state index contributed by atoms with van der Waals surface area (Å²) in [6.07, 6.45) is 4.68. The summed E-state index contributed by atoms with van der Waals surface area (Å²) >= 11 is 3.53. The van der Waals surface area contributed by atoms with Crippen molar-refractivity contribution in [2.45, 2.75) is 31.4 Å². The van der Waals surface area contributed by atoms with Crippen molar-refractivity contribution in [2.75, 3.05) is 0 Å². The lowest BCUT2D eigenvalue weighted by Crippen LogP contribution is -2.10. The van der Waals surface area contributed by atoms with Crippen molar-refractivity contribution in [3.63, 3.8) is 0 Å². The quantitative estimate of drug-likeness (QED) is 0.857. The summed E-state index contributed by atoms with van der Waals surface area (Å²) in [6, 6.07) is 5.71. The molecule has 0 saturated heterocycles. The van der Waals surface area contributed by atoms with E-state index in [1.807, 2.05) is 24.4 Å². The molecule has 4 heteroatoms. The van der Waals surface area contributed by atoms with Crippen LogP contribution in [0.4, 0.5) is 5.69 Å². The zero-order valence-corrected chi connectivity index (χ0v) is 11.4. The summed E-state index contributed by atoms with van der Waals surface area (Å²) in [7, 11) is 0. The van der Waals surface area contributed by atoms with Crippen molar-refractivity contribution in [1.29, 1.82) is 0 Å². The van der Waals surface area contributed by atoms with Gasteiger partial charge in [0.05, 0.1) is 12.2 Å². The second kappa shape index (κ2) is 4.11. The molecule has 0 spiro atoms. The van der Waals surface area contributed by atoms with Gasteiger partial charge in [0.25, 0.3) is 0 Å². The highest BCUT2D eigenvalue weighted by Gasteiger charge is 2.39. The van der Waals surface area contributed by atoms with Gasteiger partial charge in [-0.3, -0.25) is 0 Å². The first-order valence-corrected chi connectivity index (χ1v) is 6.79. The first-order chi connectivity index (χ1) is 8.61. The van der Waals surface area contributed by atoms with E-state index in [0.29, 0.717) is 5.69 Å². The molecule has 1 fully saturated rings. The zero-order valence-electron chi connectivity index (χ0n) is 9.86. The molecule has 1 aliphatic carbocycles. The molecule has 1 N–H and O–H groups in total. The normalized spacial score (nSPS) is 16.7. The Morgan fingerprint density at radius 2 is 2.22 bits per heavy atom. The maximum absolute atomic E-state index is 9.89. The summed E-state index contributed by atoms with van der Waals surface area (Å²) in [4.78, 5) is 3.45. The van der Waals surface area contributed by atoms with E-state index in [-0.39, 0.29) is 0 Å². The van der Waals surface area contributed by atoms with E-state index >= 15 is 0 Å². The minimum Gasteiger partial charge on any atom is -0.390 e. The minimum absolute atomic E-state index is 0.417. The molecule has 0 radical (unpaired) electrons. The molecule has 92 valence electrons. The molecule has 0 unspecified atom stereocenters. The van der Waals surface area contributed by atoms with Crippen molar-refractivity contribution in [3.05, 3.63) is 40.3 Å². The van der Waals surface area contributed by atoms with Crippen molar-refractivity contribution in [3.8, 4) is 0 Å². The maximum Gasteiger partial charge on any atom is 0.188 e. The number of halogens is 1. The number of rotatable bonds is 3. The monoisotopic (exact) mass is 304 g/mol. The average Bonchev–Trinajstić information content (AvgIpc) is 3.03. The molecular formula is C14H13BrN2O. The first-order valence-electron chi connectivity index (χ1n) is 6.00. The van der Waals surface area contributed by atoms with Crippen LogP contribution in [0.15, 0.2) is 28.9 Å². The number of nitrogens with zero attached hydrogens (tertiary/aromatic N) is 2. The average molecular weight is 305 g/mol. The van der Waals surface area contributed by atoms with Gasteiger partial charge in [-0.05, 0) is 47.3 Å². The summed E-state index contributed by atoms with van der Waals surface area (Å²) in [5, 5.41) is 10.9. The second-order valence-corrected chi connectivity index (χ2v) is 5.81. The van der Waals surface area contributed by atoms with E-state index in [4.69, 9.17) is 6.57 Å². The van der Waals surface area contributed by atoms with E-state index in [1.54, 1.807) is 0 Å². The van der Waals surface area contributed by atoms with E-state index in [1.165, 1.54) is 0 Å². The molecule has 1 aromatic heterocycles. The SMILES string of the molecule is [C-]#[N+]c1ccc2c(c1)c(Br)cn2CCC1(O)CC1. The number of aryl methyl sites for hydroxylation is 1. The van der Waals surface area contributed by atoms with E-state index in [9.17, 15) is 5.11 Å². The van der Waals surface area contributed by atoms with Crippen molar-refractivity contribution >= 4 is 32.5 Å². The number of hydrogen-bond donors (Lipinski definition) is 1. The fourth-order valence-corrected chi connectivity index (χ4v) is 2.78. The highest BCUT2D eigenvalue weighted by Crippen LogP contribution is 2.39. The van der Waals surface area contributed by atoms with Gasteiger partial charge in [0, 0.05) is 28.1 Å². The van der Waals surface area contributed by atoms with Gasteiger partial charge in [-0.25, -0.2) is 4.85 Å². The summed E-state index contributed by atoms with van der Waals surface area (Å²) in [5.74, 6) is 0. The van der Waals surface area contributed by atoms with Crippen LogP contribution < -0.4 is 0 Å². The smallest absolute Gasteiger partial charge is 0.188 e. The Morgan fingerprint density at radius 3 is 2.89 bits per heavy atom. The maximum atomic E-state index is 9.89. The van der Waals surface area contributed by atoms with Crippen LogP contribution in [0.5, 0.6) is 0 Å². The lowest BCUT2D eigenvalue weighted by molar-refractivity contribution is 0.134. The van der Waals surface area contributed by atoms with Gasteiger partial charge in [0.2, 0.25) is 0 Å². The third kappa shape index (κ3) is 2.05. The number of benzene rings is 1. The lowest BCUT2D eigenvalue weighted by Gasteiger charge is -2.09. The van der Waals surface area contributed by atoms with Crippen molar-refractivity contribution in [2.24, 2.45) is 0 Å². The number of hydrogen-bond acceptors (Lipinski definition) is 1. The van der Waals surface area contributed by atoms with Crippen LogP contribution in [0.1, 0.15) is 19.3 Å². The Kier molecular flexibility index (Phi) is 2.69. The van der Waals surface area contributed by atoms with E-state index in [0.717, 1.165) is 41.2 Å². The number of aliphatic hydroxyl groups is 1. The molecule has 1 aliphatic rings. The highest BCUT2D eigenvalue weighted by molar-refractivity contribution is 9.10. The molecular weight excluding hydrogens is 292 g/mol. The molecule has 0 atom stereocenters. The van der Waals surface area contributed by atoms with Crippen LogP contribution in [-0.2, 0) is 6.54 Å². The standard InChI is InChI=1S/C14H13BrN2O/c1-16-10-2-3-13-11(8-10)12(15)9-17(13)7-6-14(18)4-5-14/h2-3,8-9,18H,4-7H2. The topological polar surface area (TPSA) is 29.5 Å². The van der Waals surface area contributed by atoms with Crippen molar-refractivity contribution < 1.29 is 5.11 Å². The fraction of sp³-hybridized carbons (Fsp3) is 0.357. The first kappa shape index (κ1) is 11.8. The second-order valence-electron chi connectivity index (χ2n) is 4.96. The van der Waals surface area contributed by atoms with Gasteiger partial charge in [-0.1, -0.05) is 6.07 Å². The Hall–Kier alpha value is -1.31. The summed E-state index contributed by atoms with van der Waals surface area (Å²) < 4.78 is 3.15. The fourth-order valence-electron chi connectivity index (χ4n) is 2.22. The molecule has 1 saturated carbocycles. The predicted octanol–water partition coefficient (Wildman–Crippen LogP) is 3.87. The van der Waals surface area contributed by atoms with Crippen LogP contribution >= 0.6 is 15.9 Å². The van der Waals surface area contributed by atoms with Gasteiger partial charge in [0.15, 0.2) is 5.69 Å². The third-order valence-electron chi connectivity index (χ3n) is 3.59. The zero-order chi connectivity index (χ0) is 12.8. The van der Waals surface area contributed by atoms with Crippen LogP contribution in [0.25, 0.3) is 15.7 Å². The van der Waals surface area contributed by atoms with Gasteiger partial charge < -0.3 is 9.67 Å².